The average Bonchev–Trinajstić information content (AvgIpc) is 2.94. The highest BCUT2D eigenvalue weighted by Crippen LogP contribution is 2.36. The Labute approximate surface area is 150 Å². The van der Waals surface area contributed by atoms with E-state index in [0.29, 0.717) is 0 Å². The number of nitrogens with zero attached hydrogens (tertiary/aromatic N) is 2. The van der Waals surface area contributed by atoms with Crippen molar-refractivity contribution in [3.05, 3.63) is 83.5 Å². The minimum atomic E-state index is 0.732. The number of fused-ring (bicyclic) bond motifs is 1. The Hall–Kier alpha value is -2.23. The molecule has 24 heavy (non-hydrogen) atoms. The molecule has 2 nitrogen and oxygen atoms in total. The minimum Gasteiger partial charge on any atom is -0.294 e. The van der Waals surface area contributed by atoms with Crippen LogP contribution in [0.25, 0.3) is 16.9 Å². The van der Waals surface area contributed by atoms with E-state index in [9.17, 15) is 0 Å². The highest BCUT2D eigenvalue weighted by molar-refractivity contribution is 7.99. The number of pyridine rings is 1. The lowest BCUT2D eigenvalue weighted by atomic mass is 10.2. The van der Waals surface area contributed by atoms with Gasteiger partial charge in [-0.3, -0.25) is 4.40 Å². The van der Waals surface area contributed by atoms with Gasteiger partial charge in [-0.2, -0.15) is 0 Å². The minimum absolute atomic E-state index is 0.732. The highest BCUT2D eigenvalue weighted by Gasteiger charge is 2.15. The molecule has 0 unspecified atom stereocenters. The largest absolute Gasteiger partial charge is 0.294 e. The zero-order valence-corrected chi connectivity index (χ0v) is 14.7. The Kier molecular flexibility index (Phi) is 4.05. The molecule has 2 aromatic heterocycles. The van der Waals surface area contributed by atoms with Crippen LogP contribution < -0.4 is 0 Å². The van der Waals surface area contributed by atoms with Crippen molar-refractivity contribution < 1.29 is 0 Å². The van der Waals surface area contributed by atoms with Crippen molar-refractivity contribution >= 4 is 29.0 Å². The summed E-state index contributed by atoms with van der Waals surface area (Å²) >= 11 is 7.76. The molecular weight excluding hydrogens is 336 g/mol. The average molecular weight is 351 g/mol. The smallest absolute Gasteiger partial charge is 0.138 e. The first kappa shape index (κ1) is 15.3. The van der Waals surface area contributed by atoms with Crippen LogP contribution in [0.1, 0.15) is 5.56 Å². The number of hydrogen-bond donors (Lipinski definition) is 0. The standard InChI is InChI=1S/C20H15ClN2S/c1-14-7-12-18-22-19(15-8-10-16(21)11-9-15)20(23(18)13-14)24-17-5-3-2-4-6-17/h2-13H,1H3. The van der Waals surface area contributed by atoms with E-state index < -0.39 is 0 Å². The van der Waals surface area contributed by atoms with Gasteiger partial charge in [0.25, 0.3) is 0 Å². The molecule has 4 rings (SSSR count). The normalized spacial score (nSPS) is 11.1. The monoisotopic (exact) mass is 350 g/mol. The fourth-order valence-corrected chi connectivity index (χ4v) is 3.77. The van der Waals surface area contributed by atoms with E-state index in [1.807, 2.05) is 30.3 Å². The van der Waals surface area contributed by atoms with Crippen molar-refractivity contribution in [2.75, 3.05) is 0 Å². The third-order valence-corrected chi connectivity index (χ3v) is 5.14. The van der Waals surface area contributed by atoms with Crippen LogP contribution in [0.5, 0.6) is 0 Å². The molecule has 0 bridgehead atoms. The number of benzene rings is 2. The summed E-state index contributed by atoms with van der Waals surface area (Å²) in [4.78, 5) is 6.04. The van der Waals surface area contributed by atoms with E-state index in [-0.39, 0.29) is 0 Å². The van der Waals surface area contributed by atoms with Gasteiger partial charge in [0, 0.05) is 21.7 Å². The lowest BCUT2D eigenvalue weighted by Crippen LogP contribution is -1.88. The second-order valence-electron chi connectivity index (χ2n) is 5.62. The first-order chi connectivity index (χ1) is 11.7. The van der Waals surface area contributed by atoms with Gasteiger partial charge >= 0.3 is 0 Å². The van der Waals surface area contributed by atoms with Crippen molar-refractivity contribution in [3.8, 4) is 11.3 Å². The van der Waals surface area contributed by atoms with Crippen LogP contribution in [0.15, 0.2) is 82.8 Å². The molecule has 0 atom stereocenters. The van der Waals surface area contributed by atoms with Crippen LogP contribution in [-0.4, -0.2) is 9.38 Å². The fraction of sp³-hybridized carbons (Fsp3) is 0.0500. The van der Waals surface area contributed by atoms with E-state index in [0.717, 1.165) is 27.0 Å². The van der Waals surface area contributed by atoms with E-state index >= 15 is 0 Å². The first-order valence-corrected chi connectivity index (χ1v) is 8.88. The van der Waals surface area contributed by atoms with Crippen molar-refractivity contribution in [2.24, 2.45) is 0 Å². The molecule has 0 aliphatic rings. The maximum absolute atomic E-state index is 6.04. The Bertz CT molecular complexity index is 992. The Morgan fingerprint density at radius 1 is 0.917 bits per heavy atom. The molecule has 0 aliphatic heterocycles. The van der Waals surface area contributed by atoms with Crippen LogP contribution in [0.4, 0.5) is 0 Å². The van der Waals surface area contributed by atoms with Gasteiger partial charge in [-0.15, -0.1) is 0 Å². The van der Waals surface area contributed by atoms with Gasteiger partial charge in [-0.1, -0.05) is 59.8 Å². The van der Waals surface area contributed by atoms with Crippen LogP contribution in [0.2, 0.25) is 5.02 Å². The van der Waals surface area contributed by atoms with E-state index in [2.05, 4.69) is 53.9 Å². The zero-order valence-electron chi connectivity index (χ0n) is 13.1. The molecule has 0 saturated carbocycles. The summed E-state index contributed by atoms with van der Waals surface area (Å²) in [6, 6.07) is 22.4. The van der Waals surface area contributed by atoms with Gasteiger partial charge in [-0.25, -0.2) is 4.98 Å². The molecule has 0 saturated heterocycles. The molecule has 0 spiro atoms. The third kappa shape index (κ3) is 2.93. The second kappa shape index (κ2) is 6.34. The number of aryl methyl sites for hydroxylation is 1. The number of halogens is 1. The summed E-state index contributed by atoms with van der Waals surface area (Å²) in [7, 11) is 0. The Morgan fingerprint density at radius 2 is 1.67 bits per heavy atom. The van der Waals surface area contributed by atoms with Crippen molar-refractivity contribution in [3.63, 3.8) is 0 Å². The van der Waals surface area contributed by atoms with Crippen molar-refractivity contribution in [2.45, 2.75) is 16.8 Å². The zero-order chi connectivity index (χ0) is 16.5. The van der Waals surface area contributed by atoms with E-state index in [1.54, 1.807) is 11.8 Å². The number of hydrogen-bond acceptors (Lipinski definition) is 2. The van der Waals surface area contributed by atoms with Gasteiger partial charge in [0.05, 0.1) is 0 Å². The molecule has 0 amide bonds. The second-order valence-corrected chi connectivity index (χ2v) is 7.12. The predicted octanol–water partition coefficient (Wildman–Crippen LogP) is 6.11. The molecule has 4 aromatic rings. The molecule has 2 aromatic carbocycles. The van der Waals surface area contributed by atoms with Crippen LogP contribution >= 0.6 is 23.4 Å². The van der Waals surface area contributed by atoms with Crippen LogP contribution in [0.3, 0.4) is 0 Å². The Morgan fingerprint density at radius 3 is 2.42 bits per heavy atom. The SMILES string of the molecule is Cc1ccc2nc(-c3ccc(Cl)cc3)c(Sc3ccccc3)n2c1. The topological polar surface area (TPSA) is 17.3 Å². The summed E-state index contributed by atoms with van der Waals surface area (Å²) in [5, 5.41) is 1.85. The summed E-state index contributed by atoms with van der Waals surface area (Å²) in [5.41, 5.74) is 4.20. The van der Waals surface area contributed by atoms with Gasteiger partial charge in [0.2, 0.25) is 0 Å². The summed E-state index contributed by atoms with van der Waals surface area (Å²) in [5.74, 6) is 0. The first-order valence-electron chi connectivity index (χ1n) is 7.68. The Balaban J connectivity index is 1.91. The van der Waals surface area contributed by atoms with Crippen molar-refractivity contribution in [1.29, 1.82) is 0 Å². The third-order valence-electron chi connectivity index (χ3n) is 3.80. The maximum atomic E-state index is 6.04. The fourth-order valence-electron chi connectivity index (χ4n) is 2.62. The lowest BCUT2D eigenvalue weighted by Gasteiger charge is -2.06. The maximum Gasteiger partial charge on any atom is 0.138 e. The molecule has 118 valence electrons. The van der Waals surface area contributed by atoms with Crippen LogP contribution in [0, 0.1) is 6.92 Å². The number of aromatic nitrogens is 2. The molecule has 2 heterocycles. The molecule has 0 radical (unpaired) electrons. The molecule has 0 aliphatic carbocycles. The molecule has 0 fully saturated rings. The highest BCUT2D eigenvalue weighted by atomic mass is 35.5. The van der Waals surface area contributed by atoms with Gasteiger partial charge in [0.1, 0.15) is 16.4 Å². The van der Waals surface area contributed by atoms with Crippen LogP contribution in [-0.2, 0) is 0 Å². The molecular formula is C20H15ClN2S. The van der Waals surface area contributed by atoms with Gasteiger partial charge in [0.15, 0.2) is 0 Å². The van der Waals surface area contributed by atoms with Gasteiger partial charge < -0.3 is 0 Å². The quantitative estimate of drug-likeness (QED) is 0.443. The number of imidazole rings is 1. The predicted molar refractivity (Wildman–Crippen MR) is 101 cm³/mol. The summed E-state index contributed by atoms with van der Waals surface area (Å²) < 4.78 is 2.16. The van der Waals surface area contributed by atoms with Gasteiger partial charge in [-0.05, 0) is 42.8 Å². The molecule has 4 heteroatoms. The lowest BCUT2D eigenvalue weighted by molar-refractivity contribution is 1.04. The summed E-state index contributed by atoms with van der Waals surface area (Å²) in [6.07, 6.45) is 2.13. The van der Waals surface area contributed by atoms with E-state index in [4.69, 9.17) is 16.6 Å². The van der Waals surface area contributed by atoms with E-state index in [1.165, 1.54) is 10.5 Å². The number of rotatable bonds is 3. The summed E-state index contributed by atoms with van der Waals surface area (Å²) in [6.45, 7) is 2.10. The molecule has 0 N–H and O–H groups in total. The van der Waals surface area contributed by atoms with Crippen molar-refractivity contribution in [1.82, 2.24) is 9.38 Å².